The van der Waals surface area contributed by atoms with Gasteiger partial charge in [0.25, 0.3) is 5.91 Å². The summed E-state index contributed by atoms with van der Waals surface area (Å²) in [5.41, 5.74) is 2.47. The van der Waals surface area contributed by atoms with E-state index in [0.29, 0.717) is 24.2 Å². The second-order valence-corrected chi connectivity index (χ2v) is 7.50. The highest BCUT2D eigenvalue weighted by molar-refractivity contribution is 6.08. The molecule has 0 unspecified atom stereocenters. The maximum Gasteiger partial charge on any atom is 0.255 e. The predicted molar refractivity (Wildman–Crippen MR) is 104 cm³/mol. The van der Waals surface area contributed by atoms with Crippen molar-refractivity contribution in [1.82, 2.24) is 19.5 Å². The van der Waals surface area contributed by atoms with Gasteiger partial charge in [0.2, 0.25) is 5.91 Å². The molecule has 0 bridgehead atoms. The van der Waals surface area contributed by atoms with E-state index in [1.54, 1.807) is 22.8 Å². The van der Waals surface area contributed by atoms with Gasteiger partial charge in [0, 0.05) is 18.4 Å². The SMILES string of the molecule is CCC[C@@H]1N(C(=O)c2ccc3ncnn3c2)CC[C@]12C(=O)Nc1ccccc12. The Labute approximate surface area is 162 Å². The van der Waals surface area contributed by atoms with Gasteiger partial charge in [0.1, 0.15) is 6.33 Å². The molecular formula is C21H21N5O2. The molecule has 4 heterocycles. The molecular weight excluding hydrogens is 354 g/mol. The number of pyridine rings is 1. The maximum absolute atomic E-state index is 13.4. The molecule has 5 rings (SSSR count). The summed E-state index contributed by atoms with van der Waals surface area (Å²) in [5.74, 6) is -0.0564. The van der Waals surface area contributed by atoms with Crippen LogP contribution >= 0.6 is 0 Å². The number of aromatic nitrogens is 3. The molecule has 3 aromatic rings. The van der Waals surface area contributed by atoms with Gasteiger partial charge >= 0.3 is 0 Å². The average molecular weight is 375 g/mol. The van der Waals surface area contributed by atoms with E-state index < -0.39 is 5.41 Å². The van der Waals surface area contributed by atoms with Crippen molar-refractivity contribution in [2.24, 2.45) is 0 Å². The number of amides is 2. The first-order valence-electron chi connectivity index (χ1n) is 9.66. The zero-order chi connectivity index (χ0) is 19.3. The number of carbonyl (C=O) groups excluding carboxylic acids is 2. The van der Waals surface area contributed by atoms with Crippen molar-refractivity contribution in [2.75, 3.05) is 11.9 Å². The van der Waals surface area contributed by atoms with Crippen LogP contribution in [0.4, 0.5) is 5.69 Å². The monoisotopic (exact) mass is 375 g/mol. The lowest BCUT2D eigenvalue weighted by Gasteiger charge is -2.34. The van der Waals surface area contributed by atoms with Crippen molar-refractivity contribution in [3.05, 3.63) is 60.0 Å². The van der Waals surface area contributed by atoms with Gasteiger partial charge in [-0.3, -0.25) is 9.59 Å². The molecule has 1 aromatic carbocycles. The topological polar surface area (TPSA) is 79.6 Å². The summed E-state index contributed by atoms with van der Waals surface area (Å²) < 4.78 is 1.60. The molecule has 0 saturated carbocycles. The molecule has 1 spiro atoms. The Morgan fingerprint density at radius 2 is 2.14 bits per heavy atom. The Balaban J connectivity index is 1.56. The zero-order valence-corrected chi connectivity index (χ0v) is 15.6. The third-order valence-electron chi connectivity index (χ3n) is 6.10. The van der Waals surface area contributed by atoms with Crippen LogP contribution in [0.2, 0.25) is 0 Å². The van der Waals surface area contributed by atoms with Crippen LogP contribution in [0, 0.1) is 0 Å². The summed E-state index contributed by atoms with van der Waals surface area (Å²) >= 11 is 0. The minimum Gasteiger partial charge on any atom is -0.334 e. The van der Waals surface area contributed by atoms with Gasteiger partial charge in [-0.2, -0.15) is 5.10 Å². The fourth-order valence-corrected chi connectivity index (χ4v) is 4.83. The molecule has 2 amide bonds. The van der Waals surface area contributed by atoms with E-state index in [1.807, 2.05) is 29.2 Å². The summed E-state index contributed by atoms with van der Waals surface area (Å²) in [4.78, 5) is 32.5. The van der Waals surface area contributed by atoms with Gasteiger partial charge in [0.15, 0.2) is 5.65 Å². The number of hydrogen-bond donors (Lipinski definition) is 1. The van der Waals surface area contributed by atoms with Crippen molar-refractivity contribution in [3.8, 4) is 0 Å². The van der Waals surface area contributed by atoms with Crippen LogP contribution in [0.15, 0.2) is 48.9 Å². The zero-order valence-electron chi connectivity index (χ0n) is 15.6. The molecule has 0 radical (unpaired) electrons. The molecule has 1 N–H and O–H groups in total. The number of para-hydroxylation sites is 1. The minimum absolute atomic E-state index is 0.00850. The molecule has 1 fully saturated rings. The van der Waals surface area contributed by atoms with Crippen LogP contribution in [0.25, 0.3) is 5.65 Å². The summed E-state index contributed by atoms with van der Waals surface area (Å²) in [6.45, 7) is 2.65. The van der Waals surface area contributed by atoms with Crippen molar-refractivity contribution >= 4 is 23.1 Å². The number of likely N-dealkylation sites (tertiary alicyclic amines) is 1. The molecule has 2 aliphatic rings. The van der Waals surface area contributed by atoms with Gasteiger partial charge in [-0.25, -0.2) is 9.50 Å². The Hall–Kier alpha value is -3.22. The number of carbonyl (C=O) groups is 2. The molecule has 7 heteroatoms. The number of nitrogens with zero attached hydrogens (tertiary/aromatic N) is 4. The van der Waals surface area contributed by atoms with Crippen molar-refractivity contribution < 1.29 is 9.59 Å². The second-order valence-electron chi connectivity index (χ2n) is 7.50. The van der Waals surface area contributed by atoms with E-state index in [0.717, 1.165) is 24.1 Å². The van der Waals surface area contributed by atoms with Gasteiger partial charge in [0.05, 0.1) is 17.0 Å². The third-order valence-corrected chi connectivity index (χ3v) is 6.10. The highest BCUT2D eigenvalue weighted by Gasteiger charge is 2.58. The van der Waals surface area contributed by atoms with E-state index in [1.165, 1.54) is 6.33 Å². The molecule has 2 aromatic heterocycles. The summed E-state index contributed by atoms with van der Waals surface area (Å²) in [5, 5.41) is 7.17. The van der Waals surface area contributed by atoms with Crippen molar-refractivity contribution in [2.45, 2.75) is 37.6 Å². The highest BCUT2D eigenvalue weighted by atomic mass is 16.2. The fraction of sp³-hybridized carbons (Fsp3) is 0.333. The average Bonchev–Trinajstić information content (AvgIpc) is 3.39. The first-order valence-corrected chi connectivity index (χ1v) is 9.66. The largest absolute Gasteiger partial charge is 0.334 e. The first kappa shape index (κ1) is 16.9. The van der Waals surface area contributed by atoms with Crippen LogP contribution in [-0.4, -0.2) is 43.9 Å². The van der Waals surface area contributed by atoms with Crippen LogP contribution in [-0.2, 0) is 10.2 Å². The van der Waals surface area contributed by atoms with E-state index in [9.17, 15) is 9.59 Å². The van der Waals surface area contributed by atoms with Crippen molar-refractivity contribution in [3.63, 3.8) is 0 Å². The van der Waals surface area contributed by atoms with Gasteiger partial charge < -0.3 is 10.2 Å². The first-order chi connectivity index (χ1) is 13.6. The second kappa shape index (κ2) is 6.15. The lowest BCUT2D eigenvalue weighted by atomic mass is 9.73. The highest BCUT2D eigenvalue weighted by Crippen LogP contribution is 2.49. The molecule has 2 aliphatic heterocycles. The van der Waals surface area contributed by atoms with Crippen LogP contribution in [0.3, 0.4) is 0 Å². The standard InChI is InChI=1S/C21H21N5O2/c1-2-5-17-21(15-6-3-4-7-16(15)24-20(21)28)10-11-25(17)19(27)14-8-9-18-22-13-23-26(18)12-14/h3-4,6-9,12-13,17H,2,5,10-11H2,1H3,(H,24,28)/t17-,21+/m0/s1. The third kappa shape index (κ3) is 2.22. The summed E-state index contributed by atoms with van der Waals surface area (Å²) in [7, 11) is 0. The lowest BCUT2D eigenvalue weighted by molar-refractivity contribution is -0.121. The molecule has 2 atom stereocenters. The number of anilines is 1. The number of nitrogens with one attached hydrogen (secondary N) is 1. The smallest absolute Gasteiger partial charge is 0.255 e. The predicted octanol–water partition coefficient (Wildman–Crippen LogP) is 2.63. The number of hydrogen-bond acceptors (Lipinski definition) is 4. The Morgan fingerprint density at radius 1 is 1.29 bits per heavy atom. The molecule has 0 aliphatic carbocycles. The Kier molecular flexibility index (Phi) is 3.72. The van der Waals surface area contributed by atoms with Crippen LogP contribution in [0.5, 0.6) is 0 Å². The maximum atomic E-state index is 13.4. The summed E-state index contributed by atoms with van der Waals surface area (Å²) in [6, 6.07) is 11.3. The number of rotatable bonds is 3. The molecule has 142 valence electrons. The van der Waals surface area contributed by atoms with E-state index in [4.69, 9.17) is 0 Å². The van der Waals surface area contributed by atoms with Crippen LogP contribution in [0.1, 0.15) is 42.1 Å². The van der Waals surface area contributed by atoms with Gasteiger partial charge in [-0.05, 0) is 36.6 Å². The van der Waals surface area contributed by atoms with E-state index in [2.05, 4.69) is 22.3 Å². The van der Waals surface area contributed by atoms with Crippen LogP contribution < -0.4 is 5.32 Å². The van der Waals surface area contributed by atoms with E-state index in [-0.39, 0.29) is 17.9 Å². The molecule has 1 saturated heterocycles. The van der Waals surface area contributed by atoms with Gasteiger partial charge in [-0.15, -0.1) is 0 Å². The fourth-order valence-electron chi connectivity index (χ4n) is 4.83. The number of benzene rings is 1. The van der Waals surface area contributed by atoms with Gasteiger partial charge in [-0.1, -0.05) is 31.5 Å². The summed E-state index contributed by atoms with van der Waals surface area (Å²) in [6.07, 6.45) is 5.49. The molecule has 28 heavy (non-hydrogen) atoms. The Morgan fingerprint density at radius 3 is 3.00 bits per heavy atom. The quantitative estimate of drug-likeness (QED) is 0.763. The molecule has 7 nitrogen and oxygen atoms in total. The lowest BCUT2D eigenvalue weighted by Crippen LogP contribution is -2.48. The van der Waals surface area contributed by atoms with E-state index >= 15 is 0 Å². The Bertz CT molecular complexity index is 1090. The number of fused-ring (bicyclic) bond motifs is 3. The van der Waals surface area contributed by atoms with Crippen molar-refractivity contribution in [1.29, 1.82) is 0 Å². The minimum atomic E-state index is -0.667. The normalized spacial score (nSPS) is 23.4.